The van der Waals surface area contributed by atoms with Gasteiger partial charge < -0.3 is 10.5 Å². The van der Waals surface area contributed by atoms with Crippen LogP contribution in [0.1, 0.15) is 0 Å². The average molecular weight is 296 g/mol. The standard InChI is InChI=1S/C9H10F2N2O3S2/c10-9(11)18(14,15)13-6-1-3-7(4-2-6)16-5-8(12)17/h1-4,9,13H,5H2,(H2,12,17). The number of nitrogens with two attached hydrogens (primary N) is 1. The second-order valence-corrected chi connectivity index (χ2v) is 5.36. The van der Waals surface area contributed by atoms with Gasteiger partial charge in [0, 0.05) is 5.69 Å². The number of hydrogen-bond acceptors (Lipinski definition) is 4. The van der Waals surface area contributed by atoms with Gasteiger partial charge in [-0.3, -0.25) is 4.72 Å². The van der Waals surface area contributed by atoms with Crippen LogP contribution in [0.15, 0.2) is 24.3 Å². The summed E-state index contributed by atoms with van der Waals surface area (Å²) in [7, 11) is -4.65. The molecule has 18 heavy (non-hydrogen) atoms. The molecule has 0 amide bonds. The van der Waals surface area contributed by atoms with Gasteiger partial charge >= 0.3 is 5.76 Å². The zero-order chi connectivity index (χ0) is 13.8. The van der Waals surface area contributed by atoms with Gasteiger partial charge in [0.25, 0.3) is 10.0 Å². The fourth-order valence-corrected chi connectivity index (χ4v) is 1.60. The van der Waals surface area contributed by atoms with E-state index in [1.54, 1.807) is 4.72 Å². The van der Waals surface area contributed by atoms with Crippen molar-refractivity contribution < 1.29 is 21.9 Å². The highest BCUT2D eigenvalue weighted by Gasteiger charge is 2.23. The minimum absolute atomic E-state index is 0.0120. The molecule has 0 atom stereocenters. The molecule has 0 unspecified atom stereocenters. The van der Waals surface area contributed by atoms with Crippen LogP contribution in [-0.4, -0.2) is 25.8 Å². The highest BCUT2D eigenvalue weighted by atomic mass is 32.2. The van der Waals surface area contributed by atoms with Crippen molar-refractivity contribution in [3.63, 3.8) is 0 Å². The molecular weight excluding hydrogens is 286 g/mol. The van der Waals surface area contributed by atoms with E-state index in [4.69, 9.17) is 10.5 Å². The zero-order valence-corrected chi connectivity index (χ0v) is 10.6. The Bertz CT molecular complexity index is 517. The minimum Gasteiger partial charge on any atom is -0.487 e. The van der Waals surface area contributed by atoms with Crippen LogP contribution in [0.25, 0.3) is 0 Å². The lowest BCUT2D eigenvalue weighted by atomic mass is 10.3. The largest absolute Gasteiger partial charge is 0.487 e. The topological polar surface area (TPSA) is 81.4 Å². The third kappa shape index (κ3) is 4.41. The van der Waals surface area contributed by atoms with Crippen LogP contribution in [0.2, 0.25) is 0 Å². The first-order valence-electron chi connectivity index (χ1n) is 4.62. The van der Waals surface area contributed by atoms with E-state index in [1.165, 1.54) is 24.3 Å². The Morgan fingerprint density at radius 1 is 1.39 bits per heavy atom. The summed E-state index contributed by atoms with van der Waals surface area (Å²) in [6.07, 6.45) is 0. The molecule has 0 aliphatic rings. The van der Waals surface area contributed by atoms with Gasteiger partial charge in [-0.15, -0.1) is 0 Å². The number of nitrogens with one attached hydrogen (secondary N) is 1. The second kappa shape index (κ2) is 5.91. The van der Waals surface area contributed by atoms with Crippen molar-refractivity contribution in [3.8, 4) is 5.75 Å². The third-order valence-corrected chi connectivity index (χ3v) is 2.84. The number of benzene rings is 1. The fraction of sp³-hybridized carbons (Fsp3) is 0.222. The Hall–Kier alpha value is -1.48. The molecule has 0 aromatic heterocycles. The molecule has 9 heteroatoms. The van der Waals surface area contributed by atoms with E-state index in [9.17, 15) is 17.2 Å². The van der Waals surface area contributed by atoms with Crippen molar-refractivity contribution in [3.05, 3.63) is 24.3 Å². The lowest BCUT2D eigenvalue weighted by molar-refractivity contribution is 0.236. The van der Waals surface area contributed by atoms with Crippen LogP contribution in [0, 0.1) is 0 Å². The van der Waals surface area contributed by atoms with Gasteiger partial charge in [-0.25, -0.2) is 8.42 Å². The van der Waals surface area contributed by atoms with E-state index in [2.05, 4.69) is 12.2 Å². The van der Waals surface area contributed by atoms with Crippen LogP contribution >= 0.6 is 12.2 Å². The summed E-state index contributed by atoms with van der Waals surface area (Å²) in [5.74, 6) is -3.09. The van der Waals surface area contributed by atoms with Crippen LogP contribution in [0.3, 0.4) is 0 Å². The van der Waals surface area contributed by atoms with E-state index in [-0.39, 0.29) is 17.3 Å². The van der Waals surface area contributed by atoms with E-state index >= 15 is 0 Å². The summed E-state index contributed by atoms with van der Waals surface area (Å²) in [4.78, 5) is 0.164. The lowest BCUT2D eigenvalue weighted by Crippen LogP contribution is -2.20. The van der Waals surface area contributed by atoms with E-state index in [0.717, 1.165) is 0 Å². The first-order valence-corrected chi connectivity index (χ1v) is 6.57. The summed E-state index contributed by atoms with van der Waals surface area (Å²) in [6.45, 7) is 0.0391. The normalized spacial score (nSPS) is 11.3. The summed E-state index contributed by atoms with van der Waals surface area (Å²) in [6, 6.07) is 5.38. The molecule has 0 fully saturated rings. The monoisotopic (exact) mass is 296 g/mol. The number of ether oxygens (including phenoxy) is 1. The number of hydrogen-bond donors (Lipinski definition) is 2. The molecule has 0 heterocycles. The summed E-state index contributed by atoms with van der Waals surface area (Å²) in [5, 5.41) is 0. The SMILES string of the molecule is NC(=S)COc1ccc(NS(=O)(=O)C(F)F)cc1. The van der Waals surface area contributed by atoms with Gasteiger partial charge in [0.2, 0.25) is 0 Å². The highest BCUT2D eigenvalue weighted by Crippen LogP contribution is 2.18. The Morgan fingerprint density at radius 2 is 1.94 bits per heavy atom. The van der Waals surface area contributed by atoms with Gasteiger partial charge in [-0.2, -0.15) is 8.78 Å². The molecule has 1 rings (SSSR count). The Kier molecular flexibility index (Phi) is 4.79. The number of rotatable bonds is 6. The number of sulfonamides is 1. The molecule has 0 saturated carbocycles. The summed E-state index contributed by atoms with van der Waals surface area (Å²) >= 11 is 4.60. The number of alkyl halides is 2. The molecule has 0 aliphatic heterocycles. The molecule has 0 spiro atoms. The fourth-order valence-electron chi connectivity index (χ4n) is 0.982. The zero-order valence-electron chi connectivity index (χ0n) is 8.97. The van der Waals surface area contributed by atoms with Crippen molar-refractivity contribution in [2.45, 2.75) is 5.76 Å². The van der Waals surface area contributed by atoms with Gasteiger partial charge in [-0.05, 0) is 24.3 Å². The van der Waals surface area contributed by atoms with Crippen LogP contribution in [0.5, 0.6) is 5.75 Å². The van der Waals surface area contributed by atoms with Crippen LogP contribution in [-0.2, 0) is 10.0 Å². The molecule has 1 aromatic carbocycles. The maximum absolute atomic E-state index is 12.1. The number of thiocarbonyl (C=S) groups is 1. The summed E-state index contributed by atoms with van der Waals surface area (Å²) in [5.41, 5.74) is 5.23. The molecule has 100 valence electrons. The Labute approximate surface area is 108 Å². The first-order chi connectivity index (χ1) is 8.31. The molecular formula is C9H10F2N2O3S2. The smallest absolute Gasteiger partial charge is 0.355 e. The predicted octanol–water partition coefficient (Wildman–Crippen LogP) is 1.32. The van der Waals surface area contributed by atoms with Crippen LogP contribution < -0.4 is 15.2 Å². The van der Waals surface area contributed by atoms with Crippen molar-refractivity contribution in [2.75, 3.05) is 11.3 Å². The van der Waals surface area contributed by atoms with E-state index < -0.39 is 15.8 Å². The van der Waals surface area contributed by atoms with E-state index in [0.29, 0.717) is 5.75 Å². The predicted molar refractivity (Wildman–Crippen MR) is 67.3 cm³/mol. The van der Waals surface area contributed by atoms with Gasteiger partial charge in [0.15, 0.2) is 0 Å². The van der Waals surface area contributed by atoms with Gasteiger partial charge in [-0.1, -0.05) is 12.2 Å². The van der Waals surface area contributed by atoms with Crippen molar-refractivity contribution in [1.82, 2.24) is 0 Å². The quantitative estimate of drug-likeness (QED) is 0.774. The van der Waals surface area contributed by atoms with Crippen LogP contribution in [0.4, 0.5) is 14.5 Å². The maximum atomic E-state index is 12.1. The highest BCUT2D eigenvalue weighted by molar-refractivity contribution is 7.93. The third-order valence-electron chi connectivity index (χ3n) is 1.73. The Balaban J connectivity index is 2.69. The summed E-state index contributed by atoms with van der Waals surface area (Å²) < 4.78 is 52.7. The lowest BCUT2D eigenvalue weighted by Gasteiger charge is -2.08. The molecule has 0 saturated heterocycles. The second-order valence-electron chi connectivity index (χ2n) is 3.19. The Morgan fingerprint density at radius 3 is 2.39 bits per heavy atom. The molecule has 0 aliphatic carbocycles. The minimum atomic E-state index is -4.65. The molecule has 5 nitrogen and oxygen atoms in total. The number of anilines is 1. The van der Waals surface area contributed by atoms with Gasteiger partial charge in [0.05, 0.1) is 0 Å². The maximum Gasteiger partial charge on any atom is 0.355 e. The molecule has 3 N–H and O–H groups in total. The van der Waals surface area contributed by atoms with Crippen molar-refractivity contribution >= 4 is 32.9 Å². The van der Waals surface area contributed by atoms with Gasteiger partial charge in [0.1, 0.15) is 17.3 Å². The molecule has 0 bridgehead atoms. The molecule has 0 radical (unpaired) electrons. The first kappa shape index (κ1) is 14.6. The molecule has 1 aromatic rings. The van der Waals surface area contributed by atoms with Crippen molar-refractivity contribution in [1.29, 1.82) is 0 Å². The van der Waals surface area contributed by atoms with Crippen molar-refractivity contribution in [2.24, 2.45) is 5.73 Å². The average Bonchev–Trinajstić information content (AvgIpc) is 2.27. The van der Waals surface area contributed by atoms with E-state index in [1.807, 2.05) is 0 Å². The number of halogens is 2.